The van der Waals surface area contributed by atoms with E-state index in [0.29, 0.717) is 11.5 Å². The number of hydrogen-bond acceptors (Lipinski definition) is 1. The smallest absolute Gasteiger partial charge is 0.0929 e. The second-order valence-electron chi connectivity index (χ2n) is 1.73. The Bertz CT molecular complexity index is 137. The normalized spacial score (nSPS) is 27.8. The lowest BCUT2D eigenvalue weighted by Crippen LogP contribution is -2.06. The number of allylic oxidation sites excluding steroid dienone is 2. The first-order valence-electron chi connectivity index (χ1n) is 2.51. The van der Waals surface area contributed by atoms with Gasteiger partial charge in [0.25, 0.3) is 0 Å². The van der Waals surface area contributed by atoms with Gasteiger partial charge in [-0.25, -0.2) is 0 Å². The summed E-state index contributed by atoms with van der Waals surface area (Å²) < 4.78 is 0. The van der Waals surface area contributed by atoms with E-state index in [1.807, 2.05) is 12.2 Å². The first-order chi connectivity index (χ1) is 3.80. The van der Waals surface area contributed by atoms with Crippen molar-refractivity contribution in [2.45, 2.75) is 12.5 Å². The predicted molar refractivity (Wildman–Crippen MR) is 33.7 cm³/mol. The van der Waals surface area contributed by atoms with Crippen LogP contribution in [0.3, 0.4) is 0 Å². The number of halogens is 1. The van der Waals surface area contributed by atoms with E-state index in [9.17, 15) is 0 Å². The SMILES string of the molecule is OC1CC=CC=C1Cl. The highest BCUT2D eigenvalue weighted by Crippen LogP contribution is 2.15. The van der Waals surface area contributed by atoms with E-state index < -0.39 is 6.10 Å². The van der Waals surface area contributed by atoms with Gasteiger partial charge in [0.05, 0.1) is 6.10 Å². The third-order valence-corrected chi connectivity index (χ3v) is 1.45. The van der Waals surface area contributed by atoms with Crippen LogP contribution in [0.1, 0.15) is 6.42 Å². The minimum Gasteiger partial charge on any atom is -0.387 e. The van der Waals surface area contributed by atoms with Gasteiger partial charge in [0.2, 0.25) is 0 Å². The molecule has 0 aliphatic heterocycles. The summed E-state index contributed by atoms with van der Waals surface area (Å²) in [6.45, 7) is 0. The summed E-state index contributed by atoms with van der Waals surface area (Å²) in [5.41, 5.74) is 0. The Morgan fingerprint density at radius 1 is 1.75 bits per heavy atom. The van der Waals surface area contributed by atoms with E-state index in [2.05, 4.69) is 0 Å². The molecule has 2 heteroatoms. The molecule has 44 valence electrons. The molecule has 0 radical (unpaired) electrons. The lowest BCUT2D eigenvalue weighted by molar-refractivity contribution is 0.221. The van der Waals surface area contributed by atoms with Gasteiger partial charge in [-0.2, -0.15) is 0 Å². The second-order valence-corrected chi connectivity index (χ2v) is 2.17. The highest BCUT2D eigenvalue weighted by molar-refractivity contribution is 6.30. The van der Waals surface area contributed by atoms with Gasteiger partial charge >= 0.3 is 0 Å². The lowest BCUT2D eigenvalue weighted by Gasteiger charge is -2.07. The zero-order valence-corrected chi connectivity index (χ0v) is 5.10. The Hall–Kier alpha value is -0.270. The van der Waals surface area contributed by atoms with Crippen molar-refractivity contribution in [2.75, 3.05) is 0 Å². The Balaban J connectivity index is 2.66. The van der Waals surface area contributed by atoms with Gasteiger partial charge in [-0.1, -0.05) is 23.8 Å². The molecular formula is C6H7ClO. The van der Waals surface area contributed by atoms with Crippen LogP contribution in [0.25, 0.3) is 0 Å². The third-order valence-electron chi connectivity index (χ3n) is 1.07. The molecule has 0 aromatic carbocycles. The van der Waals surface area contributed by atoms with E-state index in [0.717, 1.165) is 0 Å². The molecule has 0 aromatic rings. The summed E-state index contributed by atoms with van der Waals surface area (Å²) in [6.07, 6.45) is 5.62. The average molecular weight is 131 g/mol. The maximum absolute atomic E-state index is 8.93. The van der Waals surface area contributed by atoms with Crippen molar-refractivity contribution in [3.63, 3.8) is 0 Å². The van der Waals surface area contributed by atoms with Crippen molar-refractivity contribution in [3.05, 3.63) is 23.3 Å². The zero-order chi connectivity index (χ0) is 5.98. The van der Waals surface area contributed by atoms with Crippen molar-refractivity contribution < 1.29 is 5.11 Å². The van der Waals surface area contributed by atoms with Gasteiger partial charge < -0.3 is 5.11 Å². The maximum atomic E-state index is 8.93. The molecule has 1 rings (SSSR count). The number of aliphatic hydroxyl groups excluding tert-OH is 1. The molecule has 1 aliphatic carbocycles. The predicted octanol–water partition coefficient (Wildman–Crippen LogP) is 1.43. The van der Waals surface area contributed by atoms with Crippen molar-refractivity contribution in [1.29, 1.82) is 0 Å². The molecule has 1 nitrogen and oxygen atoms in total. The van der Waals surface area contributed by atoms with E-state index in [1.165, 1.54) is 0 Å². The first kappa shape index (κ1) is 5.86. The van der Waals surface area contributed by atoms with Crippen LogP contribution in [0, 0.1) is 0 Å². The molecule has 0 fully saturated rings. The van der Waals surface area contributed by atoms with Crippen molar-refractivity contribution in [3.8, 4) is 0 Å². The first-order valence-corrected chi connectivity index (χ1v) is 2.89. The molecular weight excluding hydrogens is 124 g/mol. The molecule has 0 heterocycles. The van der Waals surface area contributed by atoms with Gasteiger partial charge in [-0.05, 0) is 12.5 Å². The average Bonchev–Trinajstić information content (AvgIpc) is 1.77. The molecule has 0 aromatic heterocycles. The number of rotatable bonds is 0. The van der Waals surface area contributed by atoms with E-state index >= 15 is 0 Å². The standard InChI is InChI=1S/C6H7ClO/c7-5-3-1-2-4-6(5)8/h1-3,6,8H,4H2. The van der Waals surface area contributed by atoms with Gasteiger partial charge in [0.15, 0.2) is 0 Å². The van der Waals surface area contributed by atoms with Crippen LogP contribution in [0.2, 0.25) is 0 Å². The molecule has 0 saturated carbocycles. The fourth-order valence-electron chi connectivity index (χ4n) is 0.591. The van der Waals surface area contributed by atoms with Crippen LogP contribution in [-0.4, -0.2) is 11.2 Å². The zero-order valence-electron chi connectivity index (χ0n) is 4.34. The molecule has 1 unspecified atom stereocenters. The maximum Gasteiger partial charge on any atom is 0.0929 e. The summed E-state index contributed by atoms with van der Waals surface area (Å²) in [6, 6.07) is 0. The van der Waals surface area contributed by atoms with Crippen LogP contribution in [0.5, 0.6) is 0 Å². The van der Waals surface area contributed by atoms with Crippen LogP contribution >= 0.6 is 11.6 Å². The summed E-state index contributed by atoms with van der Waals surface area (Å²) in [5, 5.41) is 9.46. The van der Waals surface area contributed by atoms with Gasteiger partial charge in [-0.15, -0.1) is 0 Å². The summed E-state index contributed by atoms with van der Waals surface area (Å²) in [4.78, 5) is 0. The fraction of sp³-hybridized carbons (Fsp3) is 0.333. The van der Waals surface area contributed by atoms with Crippen molar-refractivity contribution in [2.24, 2.45) is 0 Å². The van der Waals surface area contributed by atoms with E-state index in [-0.39, 0.29) is 0 Å². The monoisotopic (exact) mass is 130 g/mol. The van der Waals surface area contributed by atoms with Gasteiger partial charge in [-0.3, -0.25) is 0 Å². The summed E-state index contributed by atoms with van der Waals surface area (Å²) >= 11 is 5.53. The third kappa shape index (κ3) is 1.11. The molecule has 0 spiro atoms. The molecule has 1 aliphatic rings. The van der Waals surface area contributed by atoms with Crippen LogP contribution in [-0.2, 0) is 0 Å². The van der Waals surface area contributed by atoms with Crippen molar-refractivity contribution >= 4 is 11.6 Å². The highest BCUT2D eigenvalue weighted by Gasteiger charge is 2.06. The van der Waals surface area contributed by atoms with Crippen LogP contribution in [0.4, 0.5) is 0 Å². The van der Waals surface area contributed by atoms with Gasteiger partial charge in [0, 0.05) is 5.03 Å². The molecule has 1 N–H and O–H groups in total. The van der Waals surface area contributed by atoms with Crippen LogP contribution in [0.15, 0.2) is 23.3 Å². The highest BCUT2D eigenvalue weighted by atomic mass is 35.5. The Kier molecular flexibility index (Phi) is 1.71. The van der Waals surface area contributed by atoms with Gasteiger partial charge in [0.1, 0.15) is 0 Å². The topological polar surface area (TPSA) is 20.2 Å². The molecule has 0 bridgehead atoms. The minimum absolute atomic E-state index is 0.457. The Morgan fingerprint density at radius 2 is 2.50 bits per heavy atom. The number of aliphatic hydroxyl groups is 1. The minimum atomic E-state index is -0.457. The molecule has 0 saturated heterocycles. The summed E-state index contributed by atoms with van der Waals surface area (Å²) in [5.74, 6) is 0. The van der Waals surface area contributed by atoms with E-state index in [4.69, 9.17) is 16.7 Å². The second kappa shape index (κ2) is 2.33. The van der Waals surface area contributed by atoms with Crippen molar-refractivity contribution in [1.82, 2.24) is 0 Å². The lowest BCUT2D eigenvalue weighted by atomic mass is 10.1. The fourth-order valence-corrected chi connectivity index (χ4v) is 0.753. The van der Waals surface area contributed by atoms with E-state index in [1.54, 1.807) is 6.08 Å². The molecule has 8 heavy (non-hydrogen) atoms. The number of hydrogen-bond donors (Lipinski definition) is 1. The molecule has 1 atom stereocenters. The van der Waals surface area contributed by atoms with Crippen LogP contribution < -0.4 is 0 Å². The summed E-state index contributed by atoms with van der Waals surface area (Å²) in [7, 11) is 0. The Morgan fingerprint density at radius 3 is 2.88 bits per heavy atom. The molecule has 0 amide bonds. The quantitative estimate of drug-likeness (QED) is 0.526. The largest absolute Gasteiger partial charge is 0.387 e. The Labute approximate surface area is 53.3 Å².